The second kappa shape index (κ2) is 10.0. The average Bonchev–Trinajstić information content (AvgIpc) is 3.31. The Kier molecular flexibility index (Phi) is 6.93. The number of carbonyl (C=O) groups excluding carboxylic acids is 1. The molecule has 2 aliphatic heterocycles. The molecule has 2 fully saturated rings. The molecule has 2 aliphatic rings. The molecule has 0 aliphatic carbocycles. The van der Waals surface area contributed by atoms with Gasteiger partial charge in [0.15, 0.2) is 0 Å². The van der Waals surface area contributed by atoms with E-state index in [1.807, 2.05) is 35.2 Å². The maximum Gasteiger partial charge on any atom is 0.244 e. The summed E-state index contributed by atoms with van der Waals surface area (Å²) < 4.78 is 5.47. The van der Waals surface area contributed by atoms with E-state index in [0.29, 0.717) is 6.54 Å². The molecule has 1 atom stereocenters. The number of likely N-dealkylation sites (tertiary alicyclic amines) is 1. The van der Waals surface area contributed by atoms with E-state index in [2.05, 4.69) is 34.5 Å². The molecular weight excluding hydrogens is 362 g/mol. The normalized spacial score (nSPS) is 18.7. The molecule has 1 amide bonds. The minimum atomic E-state index is -0.300. The molecule has 0 aromatic heterocycles. The number of nitrogens with one attached hydrogen (secondary N) is 1. The SMILES string of the molecule is O=C([C@H](NCc1ccccc1CN1CCOCC1)c1ccccc1)N1CCCC1. The number of amides is 1. The summed E-state index contributed by atoms with van der Waals surface area (Å²) in [6.07, 6.45) is 2.21. The zero-order valence-electron chi connectivity index (χ0n) is 17.1. The van der Waals surface area contributed by atoms with E-state index in [1.165, 1.54) is 11.1 Å². The van der Waals surface area contributed by atoms with Crippen molar-refractivity contribution in [1.82, 2.24) is 15.1 Å². The van der Waals surface area contributed by atoms with E-state index in [0.717, 1.165) is 64.3 Å². The van der Waals surface area contributed by atoms with Crippen LogP contribution in [0, 0.1) is 0 Å². The summed E-state index contributed by atoms with van der Waals surface area (Å²) in [7, 11) is 0. The third kappa shape index (κ3) is 5.24. The van der Waals surface area contributed by atoms with Crippen molar-refractivity contribution in [2.24, 2.45) is 0 Å². The minimum Gasteiger partial charge on any atom is -0.379 e. The van der Waals surface area contributed by atoms with Crippen LogP contribution in [-0.4, -0.2) is 55.1 Å². The van der Waals surface area contributed by atoms with E-state index in [9.17, 15) is 4.79 Å². The molecule has 1 N–H and O–H groups in total. The maximum atomic E-state index is 13.2. The molecule has 4 rings (SSSR count). The minimum absolute atomic E-state index is 0.194. The largest absolute Gasteiger partial charge is 0.379 e. The van der Waals surface area contributed by atoms with Crippen molar-refractivity contribution in [1.29, 1.82) is 0 Å². The molecule has 0 saturated carbocycles. The Bertz CT molecular complexity index is 784. The van der Waals surface area contributed by atoms with Crippen molar-refractivity contribution in [2.75, 3.05) is 39.4 Å². The van der Waals surface area contributed by atoms with Crippen LogP contribution in [0.15, 0.2) is 54.6 Å². The van der Waals surface area contributed by atoms with Gasteiger partial charge in [-0.1, -0.05) is 54.6 Å². The van der Waals surface area contributed by atoms with Crippen LogP contribution in [0.4, 0.5) is 0 Å². The lowest BCUT2D eigenvalue weighted by atomic mass is 10.0. The van der Waals surface area contributed by atoms with Gasteiger partial charge in [0, 0.05) is 39.3 Å². The topological polar surface area (TPSA) is 44.8 Å². The van der Waals surface area contributed by atoms with Crippen LogP contribution in [0.25, 0.3) is 0 Å². The quantitative estimate of drug-likeness (QED) is 0.786. The second-order valence-corrected chi connectivity index (χ2v) is 7.91. The lowest BCUT2D eigenvalue weighted by molar-refractivity contribution is -0.132. The summed E-state index contributed by atoms with van der Waals surface area (Å²) in [6.45, 7) is 6.91. The number of benzene rings is 2. The van der Waals surface area contributed by atoms with Gasteiger partial charge in [-0.3, -0.25) is 15.0 Å². The van der Waals surface area contributed by atoms with Crippen molar-refractivity contribution in [2.45, 2.75) is 32.0 Å². The molecule has 2 aromatic carbocycles. The van der Waals surface area contributed by atoms with Crippen LogP contribution in [-0.2, 0) is 22.6 Å². The van der Waals surface area contributed by atoms with Crippen molar-refractivity contribution in [3.05, 3.63) is 71.3 Å². The molecular formula is C24H31N3O2. The maximum absolute atomic E-state index is 13.2. The fourth-order valence-electron chi connectivity index (χ4n) is 4.21. The average molecular weight is 394 g/mol. The summed E-state index contributed by atoms with van der Waals surface area (Å²) in [4.78, 5) is 17.7. The Morgan fingerprint density at radius 2 is 1.55 bits per heavy atom. The zero-order chi connectivity index (χ0) is 19.9. The van der Waals surface area contributed by atoms with E-state index in [-0.39, 0.29) is 11.9 Å². The fraction of sp³-hybridized carbons (Fsp3) is 0.458. The first-order chi connectivity index (χ1) is 14.3. The third-order valence-corrected chi connectivity index (χ3v) is 5.91. The lowest BCUT2D eigenvalue weighted by Gasteiger charge is -2.28. The highest BCUT2D eigenvalue weighted by Gasteiger charge is 2.27. The van der Waals surface area contributed by atoms with Gasteiger partial charge in [0.2, 0.25) is 5.91 Å². The summed E-state index contributed by atoms with van der Waals surface area (Å²) in [5.41, 5.74) is 3.62. The molecule has 2 saturated heterocycles. The molecule has 5 heteroatoms. The number of morpholine rings is 1. The predicted octanol–water partition coefficient (Wildman–Crippen LogP) is 2.97. The highest BCUT2D eigenvalue weighted by molar-refractivity contribution is 5.83. The first kappa shape index (κ1) is 20.1. The van der Waals surface area contributed by atoms with E-state index in [4.69, 9.17) is 4.74 Å². The van der Waals surface area contributed by atoms with Gasteiger partial charge in [0.25, 0.3) is 0 Å². The number of carbonyl (C=O) groups is 1. The monoisotopic (exact) mass is 393 g/mol. The molecule has 2 aromatic rings. The Labute approximate surface area is 173 Å². The molecule has 154 valence electrons. The number of rotatable bonds is 7. The summed E-state index contributed by atoms with van der Waals surface area (Å²) >= 11 is 0. The van der Waals surface area contributed by atoms with Crippen LogP contribution >= 0.6 is 0 Å². The summed E-state index contributed by atoms with van der Waals surface area (Å²) in [5, 5.41) is 3.57. The van der Waals surface area contributed by atoms with Gasteiger partial charge in [-0.15, -0.1) is 0 Å². The van der Waals surface area contributed by atoms with Gasteiger partial charge in [-0.05, 0) is 29.5 Å². The van der Waals surface area contributed by atoms with E-state index >= 15 is 0 Å². The third-order valence-electron chi connectivity index (χ3n) is 5.91. The Morgan fingerprint density at radius 3 is 2.28 bits per heavy atom. The Morgan fingerprint density at radius 1 is 0.897 bits per heavy atom. The molecule has 5 nitrogen and oxygen atoms in total. The van der Waals surface area contributed by atoms with E-state index < -0.39 is 0 Å². The van der Waals surface area contributed by atoms with Gasteiger partial charge in [-0.2, -0.15) is 0 Å². The van der Waals surface area contributed by atoms with Gasteiger partial charge in [0.05, 0.1) is 13.2 Å². The van der Waals surface area contributed by atoms with Crippen LogP contribution in [0.5, 0.6) is 0 Å². The molecule has 29 heavy (non-hydrogen) atoms. The van der Waals surface area contributed by atoms with Gasteiger partial charge in [0.1, 0.15) is 6.04 Å². The van der Waals surface area contributed by atoms with Gasteiger partial charge >= 0.3 is 0 Å². The lowest BCUT2D eigenvalue weighted by Crippen LogP contribution is -2.39. The first-order valence-electron chi connectivity index (χ1n) is 10.8. The molecule has 2 heterocycles. The first-order valence-corrected chi connectivity index (χ1v) is 10.8. The second-order valence-electron chi connectivity index (χ2n) is 7.91. The zero-order valence-corrected chi connectivity index (χ0v) is 17.1. The van der Waals surface area contributed by atoms with E-state index in [1.54, 1.807) is 0 Å². The van der Waals surface area contributed by atoms with Gasteiger partial charge < -0.3 is 9.64 Å². The Balaban J connectivity index is 1.48. The summed E-state index contributed by atoms with van der Waals surface area (Å²) in [6, 6.07) is 18.4. The van der Waals surface area contributed by atoms with Crippen LogP contribution in [0.2, 0.25) is 0 Å². The molecule has 0 spiro atoms. The van der Waals surface area contributed by atoms with Crippen molar-refractivity contribution in [3.63, 3.8) is 0 Å². The van der Waals surface area contributed by atoms with Crippen LogP contribution in [0.3, 0.4) is 0 Å². The Hall–Kier alpha value is -2.21. The number of hydrogen-bond donors (Lipinski definition) is 1. The van der Waals surface area contributed by atoms with Crippen molar-refractivity contribution < 1.29 is 9.53 Å². The standard InChI is InChI=1S/C24H31N3O2/c28-24(27-12-6-7-13-27)23(20-8-2-1-3-9-20)25-18-21-10-4-5-11-22(21)19-26-14-16-29-17-15-26/h1-5,8-11,23,25H,6-7,12-19H2/t23-/m1/s1. The number of ether oxygens (including phenoxy) is 1. The highest BCUT2D eigenvalue weighted by atomic mass is 16.5. The van der Waals surface area contributed by atoms with Crippen LogP contribution < -0.4 is 5.32 Å². The number of nitrogens with zero attached hydrogens (tertiary/aromatic N) is 2. The number of hydrogen-bond acceptors (Lipinski definition) is 4. The predicted molar refractivity (Wildman–Crippen MR) is 114 cm³/mol. The molecule has 0 bridgehead atoms. The summed E-state index contributed by atoms with van der Waals surface area (Å²) in [5.74, 6) is 0.194. The molecule has 0 unspecified atom stereocenters. The van der Waals surface area contributed by atoms with Gasteiger partial charge in [-0.25, -0.2) is 0 Å². The van der Waals surface area contributed by atoms with Crippen molar-refractivity contribution >= 4 is 5.91 Å². The van der Waals surface area contributed by atoms with Crippen LogP contribution in [0.1, 0.15) is 35.6 Å². The smallest absolute Gasteiger partial charge is 0.244 e. The highest BCUT2D eigenvalue weighted by Crippen LogP contribution is 2.21. The molecule has 0 radical (unpaired) electrons. The fourth-order valence-corrected chi connectivity index (χ4v) is 4.21. The van der Waals surface area contributed by atoms with Crippen molar-refractivity contribution in [3.8, 4) is 0 Å².